The predicted octanol–water partition coefficient (Wildman–Crippen LogP) is 9.50. The van der Waals surface area contributed by atoms with Gasteiger partial charge in [0.1, 0.15) is 37.6 Å². The molecule has 0 aliphatic rings. The second-order valence-electron chi connectivity index (χ2n) is 13.6. The summed E-state index contributed by atoms with van der Waals surface area (Å²) in [7, 11) is -1.32. The van der Waals surface area contributed by atoms with Crippen LogP contribution in [0, 0.1) is 0 Å². The van der Waals surface area contributed by atoms with Gasteiger partial charge >= 0.3 is 0 Å². The van der Waals surface area contributed by atoms with Crippen molar-refractivity contribution >= 4 is 75.5 Å². The first-order chi connectivity index (χ1) is 28.2. The van der Waals surface area contributed by atoms with Crippen LogP contribution in [0.1, 0.15) is 5.56 Å². The molecule has 0 amide bonds. The van der Waals surface area contributed by atoms with Gasteiger partial charge in [0.15, 0.2) is 0 Å². The molecule has 0 atom stereocenters. The molecule has 9 rings (SSSR count). The number of aromatic hydroxyl groups is 1. The molecule has 0 bridgehead atoms. The Balaban J connectivity index is 0.000000372. The normalized spacial score (nSPS) is 10.8. The number of hydrogen-bond donors (Lipinski definition) is 1. The van der Waals surface area contributed by atoms with Gasteiger partial charge in [0.2, 0.25) is 0 Å². The molecule has 0 radical (unpaired) electrons. The number of para-hydroxylation sites is 1. The molecule has 0 spiro atoms. The molecule has 6 heteroatoms. The van der Waals surface area contributed by atoms with E-state index in [4.69, 9.17) is 4.74 Å². The van der Waals surface area contributed by atoms with E-state index in [9.17, 15) is 9.90 Å². The molecule has 0 fully saturated rings. The Kier molecular flexibility index (Phi) is 13.4. The molecule has 58 heavy (non-hydrogen) atoms. The monoisotopic (exact) mass is 970 g/mol. The van der Waals surface area contributed by atoms with Gasteiger partial charge in [-0.05, 0) is 88.3 Å². The van der Waals surface area contributed by atoms with Crippen molar-refractivity contribution in [1.82, 2.24) is 0 Å². The van der Waals surface area contributed by atoms with E-state index in [-0.39, 0.29) is 38.1 Å². The molecule has 0 saturated heterocycles. The molecule has 0 aliphatic carbocycles. The summed E-state index contributed by atoms with van der Waals surface area (Å²) in [6.45, 7) is 0. The maximum absolute atomic E-state index is 10.2. The van der Waals surface area contributed by atoms with Gasteiger partial charge in [0, 0.05) is 32.2 Å². The van der Waals surface area contributed by atoms with Crippen molar-refractivity contribution in [1.29, 1.82) is 0 Å². The first-order valence-electron chi connectivity index (χ1n) is 18.9. The average Bonchev–Trinajstić information content (AvgIpc) is 3.28. The summed E-state index contributed by atoms with van der Waals surface area (Å²) in [6, 6.07) is 76.9. The fourth-order valence-corrected chi connectivity index (χ4v) is 13.2. The van der Waals surface area contributed by atoms with Crippen molar-refractivity contribution in [3.63, 3.8) is 0 Å². The van der Waals surface area contributed by atoms with E-state index in [0.29, 0.717) is 0 Å². The Bertz CT molecular complexity index is 2520. The number of rotatable bonds is 9. The van der Waals surface area contributed by atoms with E-state index < -0.39 is 15.8 Å². The molecule has 0 saturated carbocycles. The Hall–Kier alpha value is -5.68. The summed E-state index contributed by atoms with van der Waals surface area (Å²) in [5.74, 6) is 0.121. The number of carbonyl (C=O) groups excluding carboxylic acids is 1. The minimum Gasteiger partial charge on any atom is -0.561 e. The van der Waals surface area contributed by atoms with Gasteiger partial charge in [0.05, 0.1) is 35.0 Å². The number of hydrogen-bond acceptors (Lipinski definition) is 3. The van der Waals surface area contributed by atoms with E-state index in [1.807, 2.05) is 0 Å². The number of methoxy groups -OCH3 is 1. The first-order valence-corrected chi connectivity index (χ1v) is 21.9. The van der Waals surface area contributed by atoms with Gasteiger partial charge in [-0.25, -0.2) is 0 Å². The van der Waals surface area contributed by atoms with Crippen LogP contribution in [0.5, 0.6) is 11.5 Å². The summed E-state index contributed by atoms with van der Waals surface area (Å²) >= 11 is 0. The van der Waals surface area contributed by atoms with Gasteiger partial charge in [-0.3, -0.25) is 0 Å². The van der Waals surface area contributed by atoms with Crippen molar-refractivity contribution in [2.45, 2.75) is 0 Å². The quantitative estimate of drug-likeness (QED) is 0.116. The van der Waals surface area contributed by atoms with Crippen LogP contribution in [0.4, 0.5) is 0 Å². The topological polar surface area (TPSA) is 46.5 Å². The van der Waals surface area contributed by atoms with Crippen LogP contribution in [-0.4, -0.2) is 18.5 Å². The third-order valence-corrected chi connectivity index (χ3v) is 15.8. The zero-order chi connectivity index (χ0) is 39.0. The van der Waals surface area contributed by atoms with Crippen molar-refractivity contribution in [3.05, 3.63) is 218 Å². The largest absolute Gasteiger partial charge is 0.561 e. The SMILES string of the molecule is COc1cccc([C-]=O)c1O.[Pt].c1ccc([PH+](c2ccccc2)c2ccc3ccccc3c2-c2c([PH+](c3ccccc3)c3ccccc3)ccc3ccccc23)cc1. The predicted molar refractivity (Wildman–Crippen MR) is 247 cm³/mol. The summed E-state index contributed by atoms with van der Waals surface area (Å²) in [5.41, 5.74) is 2.87. The van der Waals surface area contributed by atoms with Crippen LogP contribution in [0.15, 0.2) is 212 Å². The van der Waals surface area contributed by atoms with Crippen molar-refractivity contribution < 1.29 is 35.7 Å². The van der Waals surface area contributed by atoms with Gasteiger partial charge in [-0.1, -0.05) is 133 Å². The number of fused-ring (bicyclic) bond motifs is 2. The summed E-state index contributed by atoms with van der Waals surface area (Å²) in [5, 5.41) is 22.8. The molecule has 0 heterocycles. The number of phenolic OH excluding ortho intramolecular Hbond substituents is 1. The molecule has 1 N–H and O–H groups in total. The molecule has 9 aromatic carbocycles. The maximum Gasteiger partial charge on any atom is 0.111 e. The van der Waals surface area contributed by atoms with E-state index in [0.717, 1.165) is 0 Å². The molecule has 0 unspecified atom stereocenters. The second-order valence-corrected chi connectivity index (χ2v) is 18.5. The van der Waals surface area contributed by atoms with Crippen LogP contribution >= 0.6 is 15.8 Å². The minimum absolute atomic E-state index is 0. The smallest absolute Gasteiger partial charge is 0.111 e. The van der Waals surface area contributed by atoms with Crippen LogP contribution in [0.25, 0.3) is 32.7 Å². The Labute approximate surface area is 356 Å². The van der Waals surface area contributed by atoms with Gasteiger partial charge < -0.3 is 14.6 Å². The number of phenols is 1. The summed E-state index contributed by atoms with van der Waals surface area (Å²) in [6.07, 6.45) is 1.59. The van der Waals surface area contributed by atoms with Crippen LogP contribution < -0.4 is 36.6 Å². The molecule has 9 aromatic rings. The second kappa shape index (κ2) is 19.2. The third-order valence-electron chi connectivity index (χ3n) is 10.2. The Morgan fingerprint density at radius 2 is 0.793 bits per heavy atom. The number of ether oxygens (including phenoxy) is 1. The Morgan fingerprint density at radius 1 is 0.431 bits per heavy atom. The Morgan fingerprint density at radius 3 is 1.16 bits per heavy atom. The van der Waals surface area contributed by atoms with Crippen LogP contribution in [0.2, 0.25) is 0 Å². The first kappa shape index (κ1) is 40.5. The zero-order valence-electron chi connectivity index (χ0n) is 31.8. The van der Waals surface area contributed by atoms with E-state index in [1.165, 1.54) is 77.7 Å². The van der Waals surface area contributed by atoms with E-state index in [1.54, 1.807) is 18.4 Å². The summed E-state index contributed by atoms with van der Waals surface area (Å²) in [4.78, 5) is 10.2. The average molecular weight is 971 g/mol. The van der Waals surface area contributed by atoms with Crippen LogP contribution in [0.3, 0.4) is 0 Å². The fraction of sp³-hybridized carbons (Fsp3) is 0.0192. The third kappa shape index (κ3) is 8.45. The molecule has 0 aromatic heterocycles. The standard InChI is InChI=1S/C44H32P2.C8H7O3.Pt/c1-5-19-35(20-6-1)45(36-21-7-2-8-22-36)41-31-29-33-17-13-15-27-39(33)43(41)44-40-28-16-14-18-34(40)30-32-42(44)46(37-23-9-3-10-24-37)38-25-11-4-12-26-38;1-11-7-4-2-3-6(5-9)8(7)10;/h1-32H;2-4,10H,1H3;/q;-1;/p+2. The summed E-state index contributed by atoms with van der Waals surface area (Å²) < 4.78 is 4.76. The maximum atomic E-state index is 10.2. The van der Waals surface area contributed by atoms with Gasteiger partial charge in [-0.15, -0.1) is 11.6 Å². The molecule has 286 valence electrons. The van der Waals surface area contributed by atoms with E-state index >= 15 is 0 Å². The van der Waals surface area contributed by atoms with Crippen molar-refractivity contribution in [3.8, 4) is 22.6 Å². The molecule has 0 aliphatic heterocycles. The van der Waals surface area contributed by atoms with Crippen LogP contribution in [-0.2, 0) is 25.9 Å². The van der Waals surface area contributed by atoms with Crippen molar-refractivity contribution in [2.24, 2.45) is 0 Å². The number of benzene rings is 9. The van der Waals surface area contributed by atoms with Crippen molar-refractivity contribution in [2.75, 3.05) is 7.11 Å². The van der Waals surface area contributed by atoms with Gasteiger partial charge in [-0.2, -0.15) is 6.07 Å². The van der Waals surface area contributed by atoms with E-state index in [2.05, 4.69) is 194 Å². The molecule has 3 nitrogen and oxygen atoms in total. The van der Waals surface area contributed by atoms with Gasteiger partial charge in [0.25, 0.3) is 0 Å². The molecular weight excluding hydrogens is 930 g/mol. The minimum atomic E-state index is -1.37. The zero-order valence-corrected chi connectivity index (χ0v) is 36.1. The molecular formula is C52H41O3P2Pt+. The fourth-order valence-electron chi connectivity index (χ4n) is 7.64.